The van der Waals surface area contributed by atoms with Crippen molar-refractivity contribution >= 4 is 54.8 Å². The Morgan fingerprint density at radius 1 is 1.15 bits per heavy atom. The van der Waals surface area contributed by atoms with Crippen LogP contribution in [0.3, 0.4) is 0 Å². The average Bonchev–Trinajstić information content (AvgIpc) is 2.41. The van der Waals surface area contributed by atoms with Crippen LogP contribution in [0.25, 0.3) is 0 Å². The van der Waals surface area contributed by atoms with Crippen LogP contribution in [0, 0.1) is 0 Å². The molecule has 0 atom stereocenters. The molecule has 0 heterocycles. The van der Waals surface area contributed by atoms with E-state index in [1.165, 1.54) is 5.56 Å². The van der Waals surface area contributed by atoms with Gasteiger partial charge in [0, 0.05) is 28.1 Å². The molecule has 2 nitrogen and oxygen atoms in total. The molecule has 0 bridgehead atoms. The number of hydrogen-bond acceptors (Lipinski definition) is 2. The quantitative estimate of drug-likeness (QED) is 0.749. The minimum absolute atomic E-state index is 0.408. The van der Waals surface area contributed by atoms with Crippen LogP contribution in [-0.4, -0.2) is 12.0 Å². The third-order valence-electron chi connectivity index (χ3n) is 3.01. The summed E-state index contributed by atoms with van der Waals surface area (Å²) in [4.78, 5) is 2.58. The molecule has 0 unspecified atom stereocenters. The monoisotopic (exact) mass is 412 g/mol. The van der Waals surface area contributed by atoms with E-state index >= 15 is 0 Å². The molecule has 0 aliphatic rings. The fraction of sp³-hybridized carbons (Fsp3) is 0.133. The first-order valence-corrected chi connectivity index (χ1v) is 8.02. The zero-order valence-corrected chi connectivity index (χ0v) is 14.9. The second-order valence-corrected chi connectivity index (χ2v) is 6.63. The summed E-state index contributed by atoms with van der Waals surface area (Å²) in [5.41, 5.74) is 8.84. The van der Waals surface area contributed by atoms with Crippen molar-refractivity contribution in [2.75, 3.05) is 11.9 Å². The van der Waals surface area contributed by atoms with Gasteiger partial charge in [0.15, 0.2) is 0 Å². The van der Waals surface area contributed by atoms with Crippen LogP contribution < -0.4 is 10.6 Å². The van der Waals surface area contributed by atoms with E-state index in [2.05, 4.69) is 49.9 Å². The number of rotatable bonds is 4. The summed E-state index contributed by atoms with van der Waals surface area (Å²) >= 11 is 12.1. The number of nitrogens with zero attached hydrogens (tertiary/aromatic N) is 1. The van der Waals surface area contributed by atoms with E-state index in [1.807, 2.05) is 36.4 Å². The maximum Gasteiger partial charge on any atom is 0.104 e. The summed E-state index contributed by atoms with van der Waals surface area (Å²) < 4.78 is 2.10. The van der Waals surface area contributed by atoms with Gasteiger partial charge in [0.25, 0.3) is 0 Å². The van der Waals surface area contributed by atoms with E-state index < -0.39 is 0 Å². The van der Waals surface area contributed by atoms with Gasteiger partial charge in [-0.2, -0.15) is 0 Å². The van der Waals surface area contributed by atoms with Crippen LogP contribution in [0.15, 0.2) is 51.4 Å². The first-order valence-electron chi connectivity index (χ1n) is 6.03. The van der Waals surface area contributed by atoms with Crippen LogP contribution in [-0.2, 0) is 6.54 Å². The van der Waals surface area contributed by atoms with E-state index in [1.54, 1.807) is 0 Å². The topological polar surface area (TPSA) is 29.3 Å². The third-order valence-corrected chi connectivity index (χ3v) is 4.65. The molecule has 0 radical (unpaired) electrons. The molecule has 0 aromatic heterocycles. The van der Waals surface area contributed by atoms with Crippen molar-refractivity contribution in [2.45, 2.75) is 6.54 Å². The Kier molecular flexibility index (Phi) is 5.18. The normalized spacial score (nSPS) is 10.3. The number of thiocarbonyl (C=S) groups is 1. The molecule has 0 aliphatic heterocycles. The molecule has 0 saturated carbocycles. The average molecular weight is 414 g/mol. The Morgan fingerprint density at radius 2 is 1.85 bits per heavy atom. The molecule has 2 aromatic carbocycles. The van der Waals surface area contributed by atoms with Gasteiger partial charge in [-0.1, -0.05) is 46.3 Å². The molecule has 2 aromatic rings. The molecule has 5 heteroatoms. The van der Waals surface area contributed by atoms with E-state index in [0.717, 1.165) is 26.7 Å². The van der Waals surface area contributed by atoms with E-state index in [9.17, 15) is 0 Å². The van der Waals surface area contributed by atoms with Crippen molar-refractivity contribution in [2.24, 2.45) is 5.73 Å². The lowest BCUT2D eigenvalue weighted by Gasteiger charge is -2.22. The number of nitrogens with two attached hydrogens (primary N) is 1. The second-order valence-electron chi connectivity index (χ2n) is 4.48. The van der Waals surface area contributed by atoms with Gasteiger partial charge in [0.05, 0.1) is 5.69 Å². The summed E-state index contributed by atoms with van der Waals surface area (Å²) in [7, 11) is 2.06. The minimum Gasteiger partial charge on any atom is -0.389 e. The number of benzene rings is 2. The van der Waals surface area contributed by atoms with E-state index in [-0.39, 0.29) is 0 Å². The van der Waals surface area contributed by atoms with E-state index in [0.29, 0.717) is 4.99 Å². The number of hydrogen-bond donors (Lipinski definition) is 1. The highest BCUT2D eigenvalue weighted by atomic mass is 79.9. The van der Waals surface area contributed by atoms with Crippen molar-refractivity contribution in [3.8, 4) is 0 Å². The van der Waals surface area contributed by atoms with Gasteiger partial charge >= 0.3 is 0 Å². The highest BCUT2D eigenvalue weighted by Gasteiger charge is 2.09. The Balaban J connectivity index is 2.23. The van der Waals surface area contributed by atoms with Crippen LogP contribution in [0.4, 0.5) is 5.69 Å². The van der Waals surface area contributed by atoms with Crippen LogP contribution in [0.1, 0.15) is 11.1 Å². The highest BCUT2D eigenvalue weighted by molar-refractivity contribution is 9.11. The van der Waals surface area contributed by atoms with E-state index in [4.69, 9.17) is 18.0 Å². The minimum atomic E-state index is 0.408. The second kappa shape index (κ2) is 6.70. The van der Waals surface area contributed by atoms with Gasteiger partial charge in [0.1, 0.15) is 4.99 Å². The highest BCUT2D eigenvalue weighted by Crippen LogP contribution is 2.28. The lowest BCUT2D eigenvalue weighted by molar-refractivity contribution is 0.915. The van der Waals surface area contributed by atoms with Crippen LogP contribution in [0.5, 0.6) is 0 Å². The molecule has 0 amide bonds. The van der Waals surface area contributed by atoms with Gasteiger partial charge in [-0.3, -0.25) is 0 Å². The fourth-order valence-electron chi connectivity index (χ4n) is 1.94. The molecule has 0 saturated heterocycles. The zero-order chi connectivity index (χ0) is 14.7. The van der Waals surface area contributed by atoms with Crippen molar-refractivity contribution in [1.29, 1.82) is 0 Å². The van der Waals surface area contributed by atoms with Gasteiger partial charge in [-0.05, 0) is 45.8 Å². The van der Waals surface area contributed by atoms with Gasteiger partial charge in [0.2, 0.25) is 0 Å². The molecule has 0 spiro atoms. The Bertz CT molecular complexity index is 644. The van der Waals surface area contributed by atoms with Crippen LogP contribution in [0.2, 0.25) is 0 Å². The zero-order valence-electron chi connectivity index (χ0n) is 10.9. The molecule has 0 fully saturated rings. The molecule has 0 aliphatic carbocycles. The van der Waals surface area contributed by atoms with Crippen molar-refractivity contribution in [1.82, 2.24) is 0 Å². The Labute approximate surface area is 141 Å². The predicted octanol–water partition coefficient (Wildman–Crippen LogP) is 4.48. The van der Waals surface area contributed by atoms with Crippen LogP contribution >= 0.6 is 44.1 Å². The largest absolute Gasteiger partial charge is 0.389 e. The molecule has 2 N–H and O–H groups in total. The van der Waals surface area contributed by atoms with Crippen molar-refractivity contribution in [3.05, 3.63) is 62.5 Å². The van der Waals surface area contributed by atoms with Gasteiger partial charge in [-0.15, -0.1) is 0 Å². The summed E-state index contributed by atoms with van der Waals surface area (Å²) in [6.45, 7) is 0.812. The lowest BCUT2D eigenvalue weighted by Crippen LogP contribution is -2.18. The third kappa shape index (κ3) is 3.59. The SMILES string of the molecule is CN(Cc1ccccc1Br)c1ccc(C(N)=S)cc1Br. The summed E-state index contributed by atoms with van der Waals surface area (Å²) in [5, 5.41) is 0. The first-order chi connectivity index (χ1) is 9.49. The fourth-order valence-corrected chi connectivity index (χ4v) is 3.16. The number of halogens is 2. The first kappa shape index (κ1) is 15.5. The number of anilines is 1. The lowest BCUT2D eigenvalue weighted by atomic mass is 10.1. The van der Waals surface area contributed by atoms with Gasteiger partial charge < -0.3 is 10.6 Å². The molecule has 104 valence electrons. The Hall–Kier alpha value is -0.910. The summed E-state index contributed by atoms with van der Waals surface area (Å²) in [6, 6.07) is 14.1. The van der Waals surface area contributed by atoms with Crippen molar-refractivity contribution in [3.63, 3.8) is 0 Å². The Morgan fingerprint density at radius 3 is 2.45 bits per heavy atom. The van der Waals surface area contributed by atoms with Gasteiger partial charge in [-0.25, -0.2) is 0 Å². The summed E-state index contributed by atoms with van der Waals surface area (Å²) in [5.74, 6) is 0. The molecule has 20 heavy (non-hydrogen) atoms. The standard InChI is InChI=1S/C15H14Br2N2S/c1-19(9-11-4-2-3-5-12(11)16)14-7-6-10(15(18)20)8-13(14)17/h2-8H,9H2,1H3,(H2,18,20). The molecular weight excluding hydrogens is 400 g/mol. The van der Waals surface area contributed by atoms with Crippen molar-refractivity contribution < 1.29 is 0 Å². The maximum atomic E-state index is 5.64. The maximum absolute atomic E-state index is 5.64. The summed E-state index contributed by atoms with van der Waals surface area (Å²) in [6.07, 6.45) is 0. The molecular formula is C15H14Br2N2S. The molecule has 2 rings (SSSR count). The smallest absolute Gasteiger partial charge is 0.104 e. The predicted molar refractivity (Wildman–Crippen MR) is 96.3 cm³/mol.